The van der Waals surface area contributed by atoms with Crippen molar-refractivity contribution in [3.05, 3.63) is 53.9 Å². The number of halogens is 1. The Morgan fingerprint density at radius 2 is 1.84 bits per heavy atom. The Balaban J connectivity index is 0.00000312. The van der Waals surface area contributed by atoms with Crippen LogP contribution in [0.1, 0.15) is 18.1 Å². The SMILES string of the molecule is CCc1cc(OC)c(/C=N/NC(=O)C[n+]2ccccc2)cc1OC.[Cl-]. The second-order valence-electron chi connectivity index (χ2n) is 5.10. The first kappa shape index (κ1) is 20.4. The highest BCUT2D eigenvalue weighted by Crippen LogP contribution is 2.28. The summed E-state index contributed by atoms with van der Waals surface area (Å²) in [5, 5.41) is 4.00. The highest BCUT2D eigenvalue weighted by molar-refractivity contribution is 5.86. The van der Waals surface area contributed by atoms with E-state index in [1.165, 1.54) is 0 Å². The number of aryl methyl sites for hydroxylation is 1. The van der Waals surface area contributed by atoms with Gasteiger partial charge in [0.25, 0.3) is 0 Å². The van der Waals surface area contributed by atoms with Crippen molar-refractivity contribution in [3.63, 3.8) is 0 Å². The van der Waals surface area contributed by atoms with Crippen LogP contribution < -0.4 is 31.9 Å². The van der Waals surface area contributed by atoms with Gasteiger partial charge in [-0.05, 0) is 24.1 Å². The Kier molecular flexibility index (Phi) is 8.43. The van der Waals surface area contributed by atoms with E-state index in [4.69, 9.17) is 9.47 Å². The van der Waals surface area contributed by atoms with E-state index in [0.29, 0.717) is 5.75 Å². The third-order valence-corrected chi connectivity index (χ3v) is 3.51. The summed E-state index contributed by atoms with van der Waals surface area (Å²) in [5.74, 6) is 1.24. The topological polar surface area (TPSA) is 63.8 Å². The lowest BCUT2D eigenvalue weighted by molar-refractivity contribution is -0.684. The summed E-state index contributed by atoms with van der Waals surface area (Å²) in [4.78, 5) is 11.9. The van der Waals surface area contributed by atoms with Crippen molar-refractivity contribution < 1.29 is 31.2 Å². The smallest absolute Gasteiger partial charge is 0.305 e. The fourth-order valence-corrected chi connectivity index (χ4v) is 2.28. The normalized spacial score (nSPS) is 10.2. The Morgan fingerprint density at radius 1 is 1.16 bits per heavy atom. The van der Waals surface area contributed by atoms with Gasteiger partial charge in [0.05, 0.1) is 20.4 Å². The van der Waals surface area contributed by atoms with Gasteiger partial charge >= 0.3 is 5.91 Å². The predicted octanol–water partition coefficient (Wildman–Crippen LogP) is -1.29. The lowest BCUT2D eigenvalue weighted by Gasteiger charge is -2.11. The van der Waals surface area contributed by atoms with E-state index in [0.717, 1.165) is 23.3 Å². The van der Waals surface area contributed by atoms with Crippen LogP contribution in [0.25, 0.3) is 0 Å². The van der Waals surface area contributed by atoms with Gasteiger partial charge in [0, 0.05) is 17.7 Å². The molecule has 0 aliphatic rings. The zero-order valence-electron chi connectivity index (χ0n) is 14.5. The minimum Gasteiger partial charge on any atom is -1.00 e. The van der Waals surface area contributed by atoms with Gasteiger partial charge in [0.2, 0.25) is 6.54 Å². The van der Waals surface area contributed by atoms with E-state index >= 15 is 0 Å². The molecule has 0 radical (unpaired) electrons. The molecule has 1 heterocycles. The van der Waals surface area contributed by atoms with Gasteiger partial charge < -0.3 is 21.9 Å². The number of hydrogen-bond acceptors (Lipinski definition) is 4. The Labute approximate surface area is 153 Å². The molecule has 1 amide bonds. The fourth-order valence-electron chi connectivity index (χ4n) is 2.28. The first-order valence-corrected chi connectivity index (χ1v) is 7.68. The zero-order chi connectivity index (χ0) is 17.4. The number of nitrogens with zero attached hydrogens (tertiary/aromatic N) is 2. The van der Waals surface area contributed by atoms with Crippen molar-refractivity contribution in [1.29, 1.82) is 0 Å². The van der Waals surface area contributed by atoms with Crippen LogP contribution in [-0.4, -0.2) is 26.3 Å². The molecule has 0 aliphatic heterocycles. The van der Waals surface area contributed by atoms with E-state index < -0.39 is 0 Å². The number of hydrogen-bond donors (Lipinski definition) is 1. The van der Waals surface area contributed by atoms with Crippen LogP contribution in [0.4, 0.5) is 0 Å². The summed E-state index contributed by atoms with van der Waals surface area (Å²) < 4.78 is 12.5. The summed E-state index contributed by atoms with van der Waals surface area (Å²) in [6.45, 7) is 2.25. The van der Waals surface area contributed by atoms with Crippen molar-refractivity contribution in [2.75, 3.05) is 14.2 Å². The van der Waals surface area contributed by atoms with Crippen LogP contribution in [0, 0.1) is 0 Å². The van der Waals surface area contributed by atoms with Crippen molar-refractivity contribution in [3.8, 4) is 11.5 Å². The highest BCUT2D eigenvalue weighted by atomic mass is 35.5. The van der Waals surface area contributed by atoms with Crippen LogP contribution in [0.5, 0.6) is 11.5 Å². The maximum Gasteiger partial charge on any atom is 0.305 e. The minimum absolute atomic E-state index is 0. The number of carbonyl (C=O) groups is 1. The van der Waals surface area contributed by atoms with Crippen LogP contribution >= 0.6 is 0 Å². The molecule has 7 heteroatoms. The summed E-state index contributed by atoms with van der Waals surface area (Å²) in [6, 6.07) is 9.39. The van der Waals surface area contributed by atoms with Crippen LogP contribution in [0.2, 0.25) is 0 Å². The fraction of sp³-hybridized carbons (Fsp3) is 0.278. The van der Waals surface area contributed by atoms with Crippen LogP contribution in [-0.2, 0) is 17.8 Å². The first-order valence-electron chi connectivity index (χ1n) is 7.68. The molecule has 134 valence electrons. The summed E-state index contributed by atoms with van der Waals surface area (Å²) in [7, 11) is 3.23. The third kappa shape index (κ3) is 5.76. The van der Waals surface area contributed by atoms with Crippen molar-refractivity contribution in [2.24, 2.45) is 5.10 Å². The van der Waals surface area contributed by atoms with Crippen LogP contribution in [0.15, 0.2) is 47.8 Å². The second kappa shape index (κ2) is 10.3. The molecule has 6 nitrogen and oxygen atoms in total. The standard InChI is InChI=1S/C18H21N3O3.ClH/c1-4-14-10-17(24-3)15(11-16(14)23-2)12-19-20-18(22)13-21-8-6-5-7-9-21;/h5-12H,4,13H2,1-3H3;1H/b19-12+;. The van der Waals surface area contributed by atoms with E-state index in [2.05, 4.69) is 10.5 Å². The predicted molar refractivity (Wildman–Crippen MR) is 91.3 cm³/mol. The summed E-state index contributed by atoms with van der Waals surface area (Å²) in [5.41, 5.74) is 4.30. The average Bonchev–Trinajstić information content (AvgIpc) is 2.62. The number of ether oxygens (including phenoxy) is 2. The van der Waals surface area contributed by atoms with Gasteiger partial charge in [0.15, 0.2) is 12.4 Å². The largest absolute Gasteiger partial charge is 1.00 e. The number of rotatable bonds is 7. The Bertz CT molecular complexity index is 721. The molecule has 1 aromatic carbocycles. The molecule has 0 atom stereocenters. The number of benzene rings is 1. The number of nitrogens with one attached hydrogen (secondary N) is 1. The number of methoxy groups -OCH3 is 2. The summed E-state index contributed by atoms with van der Waals surface area (Å²) >= 11 is 0. The van der Waals surface area contributed by atoms with E-state index in [1.54, 1.807) is 25.0 Å². The molecule has 25 heavy (non-hydrogen) atoms. The third-order valence-electron chi connectivity index (χ3n) is 3.51. The monoisotopic (exact) mass is 363 g/mol. The molecule has 0 unspecified atom stereocenters. The van der Waals surface area contributed by atoms with Crippen molar-refractivity contribution in [2.45, 2.75) is 19.9 Å². The molecule has 2 aromatic rings. The lowest BCUT2D eigenvalue weighted by atomic mass is 10.1. The van der Waals surface area contributed by atoms with E-state index in [-0.39, 0.29) is 24.9 Å². The molecule has 1 N–H and O–H groups in total. The molecule has 0 saturated heterocycles. The Morgan fingerprint density at radius 3 is 2.44 bits per heavy atom. The lowest BCUT2D eigenvalue weighted by Crippen LogP contribution is -3.00. The summed E-state index contributed by atoms with van der Waals surface area (Å²) in [6.07, 6.45) is 6.03. The molecule has 2 rings (SSSR count). The molecule has 0 aliphatic carbocycles. The quantitative estimate of drug-likeness (QED) is 0.378. The number of pyridine rings is 1. The van der Waals surface area contributed by atoms with Crippen molar-refractivity contribution >= 4 is 12.1 Å². The number of aromatic nitrogens is 1. The van der Waals surface area contributed by atoms with Gasteiger partial charge in [-0.2, -0.15) is 9.67 Å². The van der Waals surface area contributed by atoms with Gasteiger partial charge in [0.1, 0.15) is 11.5 Å². The average molecular weight is 364 g/mol. The van der Waals surface area contributed by atoms with Gasteiger partial charge in [-0.1, -0.05) is 13.0 Å². The maximum atomic E-state index is 11.9. The second-order valence-corrected chi connectivity index (χ2v) is 5.10. The molecular weight excluding hydrogens is 342 g/mol. The van der Waals surface area contributed by atoms with Gasteiger partial charge in [-0.15, -0.1) is 0 Å². The van der Waals surface area contributed by atoms with E-state index in [9.17, 15) is 4.79 Å². The number of carbonyl (C=O) groups excluding carboxylic acids is 1. The minimum atomic E-state index is -0.210. The maximum absolute atomic E-state index is 11.9. The van der Waals surface area contributed by atoms with Crippen LogP contribution in [0.3, 0.4) is 0 Å². The highest BCUT2D eigenvalue weighted by Gasteiger charge is 2.10. The van der Waals surface area contributed by atoms with Gasteiger partial charge in [-0.3, -0.25) is 4.79 Å². The number of amides is 1. The van der Waals surface area contributed by atoms with Gasteiger partial charge in [-0.25, -0.2) is 5.43 Å². The Hall–Kier alpha value is -2.60. The molecule has 0 spiro atoms. The molecule has 0 bridgehead atoms. The molecular formula is C18H22ClN3O3. The number of hydrazone groups is 1. The van der Waals surface area contributed by atoms with E-state index in [1.807, 2.05) is 49.6 Å². The molecule has 0 saturated carbocycles. The zero-order valence-corrected chi connectivity index (χ0v) is 15.3. The van der Waals surface area contributed by atoms with Crippen molar-refractivity contribution in [1.82, 2.24) is 5.43 Å². The molecule has 0 fully saturated rings. The first-order chi connectivity index (χ1) is 11.7. The molecule has 1 aromatic heterocycles.